The van der Waals surface area contributed by atoms with E-state index in [1.807, 2.05) is 12.1 Å². The van der Waals surface area contributed by atoms with E-state index in [-0.39, 0.29) is 25.1 Å². The van der Waals surface area contributed by atoms with Crippen molar-refractivity contribution in [2.45, 2.75) is 37.9 Å². The first-order valence-electron chi connectivity index (χ1n) is 15.1. The number of benzene rings is 2. The van der Waals surface area contributed by atoms with Crippen molar-refractivity contribution in [3.8, 4) is 17.9 Å². The Morgan fingerprint density at radius 2 is 1.98 bits per heavy atom. The quantitative estimate of drug-likeness (QED) is 0.335. The normalized spacial score (nSPS) is 20.2. The summed E-state index contributed by atoms with van der Waals surface area (Å²) in [5, 5.41) is 11.9. The second-order valence-corrected chi connectivity index (χ2v) is 11.9. The van der Waals surface area contributed by atoms with Crippen molar-refractivity contribution >= 4 is 39.8 Å². The van der Waals surface area contributed by atoms with E-state index in [1.54, 1.807) is 4.90 Å². The largest absolute Gasteiger partial charge is 0.462 e. The van der Waals surface area contributed by atoms with Crippen molar-refractivity contribution in [3.63, 3.8) is 0 Å². The number of aromatic nitrogens is 2. The Kier molecular flexibility index (Phi) is 9.04. The molecule has 3 aromatic rings. The minimum Gasteiger partial charge on any atom is -0.462 e. The van der Waals surface area contributed by atoms with Crippen LogP contribution in [-0.4, -0.2) is 102 Å². The number of halogens is 1. The van der Waals surface area contributed by atoms with Crippen LogP contribution in [0.1, 0.15) is 24.1 Å². The summed E-state index contributed by atoms with van der Waals surface area (Å²) >= 11 is 6.70. The van der Waals surface area contributed by atoms with Gasteiger partial charge >= 0.3 is 6.01 Å². The summed E-state index contributed by atoms with van der Waals surface area (Å²) in [6, 6.07) is 12.6. The van der Waals surface area contributed by atoms with Gasteiger partial charge in [-0.2, -0.15) is 9.97 Å². The van der Waals surface area contributed by atoms with E-state index in [4.69, 9.17) is 38.0 Å². The van der Waals surface area contributed by atoms with E-state index in [0.29, 0.717) is 44.8 Å². The lowest BCUT2D eigenvalue weighted by atomic mass is 10.0. The van der Waals surface area contributed by atoms with E-state index in [0.717, 1.165) is 70.9 Å². The van der Waals surface area contributed by atoms with Crippen LogP contribution < -0.4 is 14.5 Å². The molecule has 2 aromatic carbocycles. The van der Waals surface area contributed by atoms with Gasteiger partial charge in [0.05, 0.1) is 17.3 Å². The number of hydrogen-bond donors (Lipinski definition) is 1. The van der Waals surface area contributed by atoms with Gasteiger partial charge in [0.2, 0.25) is 6.54 Å². The SMILES string of the molecule is [C-]#[N+]C[C@H]1CN(c2nc(OC[C@@H]3CCCN3C)nc3c2CCN(c2cccc4cccc(Cl)c24)C3)CCN1C(=O)C#CCO. The number of piperazine rings is 1. The minimum absolute atomic E-state index is 0.156. The van der Waals surface area contributed by atoms with E-state index >= 15 is 0 Å². The fraction of sp³-hybridized carbons (Fsp3) is 0.455. The molecular formula is C33H36ClN7O3. The third-order valence-corrected chi connectivity index (χ3v) is 9.21. The lowest BCUT2D eigenvalue weighted by Crippen LogP contribution is -2.56. The molecule has 2 saturated heterocycles. The molecule has 1 amide bonds. The number of aliphatic hydroxyl groups excluding tert-OH is 1. The van der Waals surface area contributed by atoms with Crippen LogP contribution in [0.2, 0.25) is 5.02 Å². The Morgan fingerprint density at radius 3 is 2.75 bits per heavy atom. The zero-order valence-electron chi connectivity index (χ0n) is 24.9. The number of likely N-dealkylation sites (N-methyl/N-ethyl adjacent to an activating group) is 1. The van der Waals surface area contributed by atoms with Crippen LogP contribution in [0.25, 0.3) is 15.6 Å². The van der Waals surface area contributed by atoms with Gasteiger partial charge in [-0.15, -0.1) is 0 Å². The molecule has 2 fully saturated rings. The molecule has 0 unspecified atom stereocenters. The van der Waals surface area contributed by atoms with Gasteiger partial charge < -0.3 is 34.3 Å². The molecule has 1 N–H and O–H groups in total. The summed E-state index contributed by atoms with van der Waals surface area (Å²) in [5.74, 6) is 5.37. The molecule has 0 saturated carbocycles. The van der Waals surface area contributed by atoms with Crippen LogP contribution in [0.4, 0.5) is 11.5 Å². The number of hydrogen-bond acceptors (Lipinski definition) is 8. The molecule has 11 heteroatoms. The number of nitrogens with zero attached hydrogens (tertiary/aromatic N) is 7. The fourth-order valence-electron chi connectivity index (χ4n) is 6.58. The average Bonchev–Trinajstić information content (AvgIpc) is 3.46. The van der Waals surface area contributed by atoms with Crippen LogP contribution in [0.3, 0.4) is 0 Å². The number of amides is 1. The average molecular weight is 614 g/mol. The summed E-state index contributed by atoms with van der Waals surface area (Å²) in [5.41, 5.74) is 3.05. The summed E-state index contributed by atoms with van der Waals surface area (Å²) in [7, 11) is 2.12. The molecule has 228 valence electrons. The third kappa shape index (κ3) is 6.11. The van der Waals surface area contributed by atoms with Crippen molar-refractivity contribution < 1.29 is 14.6 Å². The molecule has 0 spiro atoms. The number of fused-ring (bicyclic) bond motifs is 2. The van der Waals surface area contributed by atoms with Crippen LogP contribution in [0.15, 0.2) is 36.4 Å². The molecule has 0 radical (unpaired) electrons. The Balaban J connectivity index is 1.33. The van der Waals surface area contributed by atoms with Crippen LogP contribution in [0, 0.1) is 18.4 Å². The molecule has 6 rings (SSSR count). The Labute approximate surface area is 263 Å². The number of ether oxygens (including phenoxy) is 1. The highest BCUT2D eigenvalue weighted by atomic mass is 35.5. The van der Waals surface area contributed by atoms with Crippen LogP contribution in [-0.2, 0) is 17.8 Å². The monoisotopic (exact) mass is 613 g/mol. The number of anilines is 2. The minimum atomic E-state index is -0.381. The van der Waals surface area contributed by atoms with Gasteiger partial charge in [0.15, 0.2) is 0 Å². The van der Waals surface area contributed by atoms with Crippen molar-refractivity contribution in [3.05, 3.63) is 64.1 Å². The number of aliphatic hydroxyl groups is 1. The first-order valence-corrected chi connectivity index (χ1v) is 15.5. The number of carbonyl (C=O) groups is 1. The first-order chi connectivity index (χ1) is 21.5. The number of carbonyl (C=O) groups excluding carboxylic acids is 1. The molecule has 2 atom stereocenters. The van der Waals surface area contributed by atoms with Crippen molar-refractivity contribution in [1.82, 2.24) is 19.8 Å². The summed E-state index contributed by atoms with van der Waals surface area (Å²) in [4.78, 5) is 34.7. The predicted octanol–water partition coefficient (Wildman–Crippen LogP) is 3.25. The smallest absolute Gasteiger partial charge is 0.318 e. The van der Waals surface area contributed by atoms with Gasteiger partial charge in [-0.25, -0.2) is 6.57 Å². The van der Waals surface area contributed by atoms with Crippen molar-refractivity contribution in [2.24, 2.45) is 0 Å². The Hall–Kier alpha value is -4.09. The molecule has 3 aliphatic rings. The molecule has 4 heterocycles. The third-order valence-electron chi connectivity index (χ3n) is 8.89. The Bertz CT molecular complexity index is 1640. The van der Waals surface area contributed by atoms with Gasteiger partial charge in [0, 0.05) is 48.9 Å². The molecule has 3 aliphatic heterocycles. The molecule has 10 nitrogen and oxygen atoms in total. The highest BCUT2D eigenvalue weighted by molar-refractivity contribution is 6.36. The Morgan fingerprint density at radius 1 is 1.14 bits per heavy atom. The van der Waals surface area contributed by atoms with Crippen LogP contribution in [0.5, 0.6) is 6.01 Å². The lowest BCUT2D eigenvalue weighted by molar-refractivity contribution is -0.127. The molecule has 0 bridgehead atoms. The summed E-state index contributed by atoms with van der Waals surface area (Å²) in [6.45, 7) is 11.6. The standard InChI is InChI=1S/C33H36ClN7O3/c1-35-19-25-20-40(16-17-41(25)30(43)12-6-18-42)32-26-13-15-39(29-11-4-8-23-7-3-10-27(34)31(23)29)21-28(26)36-33(37-32)44-22-24-9-5-14-38(24)2/h3-4,7-8,10-11,24-25,42H,5,9,13-22H2,2H3/t24-,25-/m0/s1. The summed E-state index contributed by atoms with van der Waals surface area (Å²) < 4.78 is 6.28. The highest BCUT2D eigenvalue weighted by Crippen LogP contribution is 2.37. The van der Waals surface area contributed by atoms with Crippen molar-refractivity contribution in [2.75, 3.05) is 69.3 Å². The fourth-order valence-corrected chi connectivity index (χ4v) is 6.86. The van der Waals surface area contributed by atoms with E-state index < -0.39 is 0 Å². The maximum Gasteiger partial charge on any atom is 0.318 e. The van der Waals surface area contributed by atoms with Gasteiger partial charge in [0.1, 0.15) is 25.1 Å². The highest BCUT2D eigenvalue weighted by Gasteiger charge is 2.35. The van der Waals surface area contributed by atoms with E-state index in [2.05, 4.69) is 62.7 Å². The maximum atomic E-state index is 12.8. The van der Waals surface area contributed by atoms with Gasteiger partial charge in [-0.3, -0.25) is 4.79 Å². The molecule has 44 heavy (non-hydrogen) atoms. The molecule has 0 aliphatic carbocycles. The van der Waals surface area contributed by atoms with Crippen molar-refractivity contribution in [1.29, 1.82) is 0 Å². The topological polar surface area (TPSA) is 89.6 Å². The predicted molar refractivity (Wildman–Crippen MR) is 171 cm³/mol. The van der Waals surface area contributed by atoms with Gasteiger partial charge in [-0.05, 0) is 56.3 Å². The zero-order chi connectivity index (χ0) is 30.6. The number of rotatable bonds is 6. The second-order valence-electron chi connectivity index (χ2n) is 11.5. The molecular weight excluding hydrogens is 578 g/mol. The van der Waals surface area contributed by atoms with E-state index in [9.17, 15) is 4.79 Å². The van der Waals surface area contributed by atoms with Crippen LogP contribution >= 0.6 is 11.6 Å². The van der Waals surface area contributed by atoms with Gasteiger partial charge in [-0.1, -0.05) is 41.8 Å². The maximum absolute atomic E-state index is 12.8. The lowest BCUT2D eigenvalue weighted by Gasteiger charge is -2.40. The van der Waals surface area contributed by atoms with E-state index in [1.165, 1.54) is 0 Å². The second kappa shape index (κ2) is 13.3. The summed E-state index contributed by atoms with van der Waals surface area (Å²) in [6.07, 6.45) is 2.96. The number of likely N-dealkylation sites (tertiary alicyclic amines) is 1. The zero-order valence-corrected chi connectivity index (χ0v) is 25.6. The first kappa shape index (κ1) is 30.0. The molecule has 1 aromatic heterocycles. The van der Waals surface area contributed by atoms with Gasteiger partial charge in [0.25, 0.3) is 5.91 Å².